The highest BCUT2D eigenvalue weighted by molar-refractivity contribution is 7.17. The largest absolute Gasteiger partial charge is 0.312 e. The molecule has 0 saturated heterocycles. The standard InChI is InChI=1S/C17H19N3O2S/c21-15(20(13-6-7-13)12-4-2-1-3-5-12)10-19-11-18-14-8-9-23-16(14)17(19)22/h4,8-9,11,13H,1-3,5-7,10H2. The summed E-state index contributed by atoms with van der Waals surface area (Å²) in [6.45, 7) is 0.0769. The zero-order valence-corrected chi connectivity index (χ0v) is 13.7. The molecule has 0 radical (unpaired) electrons. The quantitative estimate of drug-likeness (QED) is 0.866. The third-order valence-electron chi connectivity index (χ3n) is 4.50. The number of carbonyl (C=O) groups excluding carboxylic acids is 1. The van der Waals surface area contributed by atoms with E-state index in [1.54, 1.807) is 0 Å². The summed E-state index contributed by atoms with van der Waals surface area (Å²) < 4.78 is 2.06. The van der Waals surface area contributed by atoms with Crippen molar-refractivity contribution in [3.05, 3.63) is 39.9 Å². The van der Waals surface area contributed by atoms with E-state index in [1.807, 2.05) is 16.3 Å². The molecule has 5 nitrogen and oxygen atoms in total. The Balaban J connectivity index is 1.60. The smallest absolute Gasteiger partial charge is 0.271 e. The summed E-state index contributed by atoms with van der Waals surface area (Å²) in [6, 6.07) is 2.16. The Bertz CT molecular complexity index is 832. The molecule has 0 unspecified atom stereocenters. The van der Waals surface area contributed by atoms with Gasteiger partial charge in [0.2, 0.25) is 5.91 Å². The van der Waals surface area contributed by atoms with Gasteiger partial charge >= 0.3 is 0 Å². The van der Waals surface area contributed by atoms with Crippen LogP contribution >= 0.6 is 11.3 Å². The first kappa shape index (κ1) is 14.6. The maximum absolute atomic E-state index is 12.8. The highest BCUT2D eigenvalue weighted by atomic mass is 32.1. The molecule has 1 saturated carbocycles. The molecule has 0 bridgehead atoms. The van der Waals surface area contributed by atoms with E-state index in [4.69, 9.17) is 0 Å². The molecule has 1 amide bonds. The van der Waals surface area contributed by atoms with Crippen molar-refractivity contribution >= 4 is 27.5 Å². The molecule has 0 spiro atoms. The Morgan fingerprint density at radius 2 is 2.26 bits per heavy atom. The Morgan fingerprint density at radius 3 is 3.00 bits per heavy atom. The van der Waals surface area contributed by atoms with E-state index in [0.717, 1.165) is 37.8 Å². The molecule has 1 fully saturated rings. The molecule has 4 rings (SSSR count). The number of hydrogen-bond acceptors (Lipinski definition) is 4. The lowest BCUT2D eigenvalue weighted by Gasteiger charge is -2.28. The van der Waals surface area contributed by atoms with Crippen molar-refractivity contribution in [3.63, 3.8) is 0 Å². The average Bonchev–Trinajstić information content (AvgIpc) is 3.27. The minimum atomic E-state index is -0.119. The predicted molar refractivity (Wildman–Crippen MR) is 90.3 cm³/mol. The summed E-state index contributed by atoms with van der Waals surface area (Å²) in [5.41, 5.74) is 1.74. The number of carbonyl (C=O) groups is 1. The summed E-state index contributed by atoms with van der Waals surface area (Å²) in [5.74, 6) is 0.0143. The number of thiophene rings is 1. The molecule has 2 heterocycles. The number of hydrogen-bond donors (Lipinski definition) is 0. The van der Waals surface area contributed by atoms with Crippen molar-refractivity contribution in [3.8, 4) is 0 Å². The van der Waals surface area contributed by atoms with Crippen molar-refractivity contribution in [2.45, 2.75) is 51.1 Å². The number of fused-ring (bicyclic) bond motifs is 1. The summed E-state index contributed by atoms with van der Waals surface area (Å²) in [7, 11) is 0. The second-order valence-electron chi connectivity index (χ2n) is 6.25. The SMILES string of the molecule is O=C(Cn1cnc2ccsc2c1=O)N(C1=CCCCC1)C1CC1. The summed E-state index contributed by atoms with van der Waals surface area (Å²) in [4.78, 5) is 31.5. The zero-order chi connectivity index (χ0) is 15.8. The topological polar surface area (TPSA) is 55.2 Å². The number of nitrogens with zero attached hydrogens (tertiary/aromatic N) is 3. The maximum atomic E-state index is 12.8. The fraction of sp³-hybridized carbons (Fsp3) is 0.471. The van der Waals surface area contributed by atoms with Gasteiger partial charge in [-0.3, -0.25) is 14.2 Å². The Hall–Kier alpha value is -1.95. The Labute approximate surface area is 138 Å². The van der Waals surface area contributed by atoms with E-state index < -0.39 is 0 Å². The van der Waals surface area contributed by atoms with Crippen LogP contribution in [0.4, 0.5) is 0 Å². The maximum Gasteiger partial charge on any atom is 0.271 e. The monoisotopic (exact) mass is 329 g/mol. The van der Waals surface area contributed by atoms with Crippen molar-refractivity contribution in [1.82, 2.24) is 14.5 Å². The lowest BCUT2D eigenvalue weighted by atomic mass is 10.0. The van der Waals surface area contributed by atoms with E-state index in [2.05, 4.69) is 11.1 Å². The van der Waals surface area contributed by atoms with Crippen molar-refractivity contribution in [2.75, 3.05) is 0 Å². The Morgan fingerprint density at radius 1 is 1.39 bits per heavy atom. The second-order valence-corrected chi connectivity index (χ2v) is 7.16. The van der Waals surface area contributed by atoms with Crippen LogP contribution in [-0.2, 0) is 11.3 Å². The van der Waals surface area contributed by atoms with Gasteiger partial charge in [-0.05, 0) is 50.0 Å². The van der Waals surface area contributed by atoms with Gasteiger partial charge in [0.05, 0.1) is 11.8 Å². The van der Waals surface area contributed by atoms with Crippen LogP contribution in [0.1, 0.15) is 38.5 Å². The predicted octanol–water partition coefficient (Wildman–Crippen LogP) is 2.91. The molecule has 23 heavy (non-hydrogen) atoms. The first-order valence-corrected chi connectivity index (χ1v) is 9.06. The molecule has 2 aliphatic carbocycles. The molecule has 2 aromatic heterocycles. The first-order chi connectivity index (χ1) is 11.2. The van der Waals surface area contributed by atoms with Crippen LogP contribution in [0.5, 0.6) is 0 Å². The zero-order valence-electron chi connectivity index (χ0n) is 12.9. The van der Waals surface area contributed by atoms with E-state index in [9.17, 15) is 9.59 Å². The summed E-state index contributed by atoms with van der Waals surface area (Å²) in [6.07, 6.45) is 10.2. The molecule has 0 aliphatic heterocycles. The number of allylic oxidation sites excluding steroid dienone is 2. The third-order valence-corrected chi connectivity index (χ3v) is 5.39. The molecular weight excluding hydrogens is 310 g/mol. The van der Waals surface area contributed by atoms with E-state index in [1.165, 1.54) is 28.7 Å². The molecule has 2 aliphatic rings. The van der Waals surface area contributed by atoms with Gasteiger partial charge in [-0.25, -0.2) is 4.98 Å². The van der Waals surface area contributed by atoms with Gasteiger partial charge in [0.25, 0.3) is 5.56 Å². The third kappa shape index (κ3) is 2.83. The van der Waals surface area contributed by atoms with Gasteiger partial charge in [-0.15, -0.1) is 11.3 Å². The molecule has 0 atom stereocenters. The summed E-state index contributed by atoms with van der Waals surface area (Å²) >= 11 is 1.38. The van der Waals surface area contributed by atoms with Crippen LogP contribution in [0, 0.1) is 0 Å². The van der Waals surface area contributed by atoms with Crippen LogP contribution in [0.2, 0.25) is 0 Å². The fourth-order valence-electron chi connectivity index (χ4n) is 3.18. The number of rotatable bonds is 4. The highest BCUT2D eigenvalue weighted by Gasteiger charge is 2.35. The fourth-order valence-corrected chi connectivity index (χ4v) is 3.98. The molecule has 120 valence electrons. The Kier molecular flexibility index (Phi) is 3.77. The van der Waals surface area contributed by atoms with Gasteiger partial charge in [-0.1, -0.05) is 6.08 Å². The van der Waals surface area contributed by atoms with E-state index >= 15 is 0 Å². The van der Waals surface area contributed by atoms with Crippen molar-refractivity contribution in [2.24, 2.45) is 0 Å². The minimum absolute atomic E-state index is 0.0143. The lowest BCUT2D eigenvalue weighted by Crippen LogP contribution is -2.37. The average molecular weight is 329 g/mol. The van der Waals surface area contributed by atoms with Crippen molar-refractivity contribution < 1.29 is 4.79 Å². The van der Waals surface area contributed by atoms with Crippen LogP contribution in [-0.4, -0.2) is 26.4 Å². The molecule has 0 N–H and O–H groups in total. The highest BCUT2D eigenvalue weighted by Crippen LogP contribution is 2.33. The van der Waals surface area contributed by atoms with Gasteiger partial charge < -0.3 is 4.90 Å². The van der Waals surface area contributed by atoms with Crippen LogP contribution in [0.15, 0.2) is 34.3 Å². The van der Waals surface area contributed by atoms with Gasteiger partial charge in [0.1, 0.15) is 11.2 Å². The lowest BCUT2D eigenvalue weighted by molar-refractivity contribution is -0.130. The summed E-state index contributed by atoms with van der Waals surface area (Å²) in [5, 5.41) is 1.86. The molecule has 6 heteroatoms. The second kappa shape index (κ2) is 5.92. The van der Waals surface area contributed by atoms with Crippen LogP contribution < -0.4 is 5.56 Å². The van der Waals surface area contributed by atoms with Crippen LogP contribution in [0.3, 0.4) is 0 Å². The number of aromatic nitrogens is 2. The molecule has 2 aromatic rings. The van der Waals surface area contributed by atoms with Gasteiger partial charge in [-0.2, -0.15) is 0 Å². The van der Waals surface area contributed by atoms with Crippen molar-refractivity contribution in [1.29, 1.82) is 0 Å². The van der Waals surface area contributed by atoms with Gasteiger partial charge in [0.15, 0.2) is 0 Å². The van der Waals surface area contributed by atoms with Gasteiger partial charge in [0, 0.05) is 11.7 Å². The normalized spacial score (nSPS) is 18.0. The first-order valence-electron chi connectivity index (χ1n) is 8.18. The van der Waals surface area contributed by atoms with Crippen LogP contribution in [0.25, 0.3) is 10.2 Å². The molecule has 0 aromatic carbocycles. The molecular formula is C17H19N3O2S. The van der Waals surface area contributed by atoms with E-state index in [-0.39, 0.29) is 18.0 Å². The van der Waals surface area contributed by atoms with E-state index in [0.29, 0.717) is 16.3 Å². The minimum Gasteiger partial charge on any atom is -0.312 e. The number of amides is 1.